The molecule has 0 unspecified atom stereocenters. The van der Waals surface area contributed by atoms with Crippen LogP contribution in [0.5, 0.6) is 5.75 Å². The van der Waals surface area contributed by atoms with Crippen LogP contribution in [0.3, 0.4) is 0 Å². The summed E-state index contributed by atoms with van der Waals surface area (Å²) >= 11 is 0. The Balaban J connectivity index is 1.75. The van der Waals surface area contributed by atoms with Crippen LogP contribution >= 0.6 is 0 Å². The molecular weight excluding hydrogens is 301 g/mol. The molecule has 0 aliphatic rings. The largest absolute Gasteiger partial charge is 0.573 e. The Morgan fingerprint density at radius 1 is 1.09 bits per heavy atom. The van der Waals surface area contributed by atoms with Gasteiger partial charge in [0.25, 0.3) is 0 Å². The predicted molar refractivity (Wildman–Crippen MR) is 70.9 cm³/mol. The molecule has 2 N–H and O–H groups in total. The van der Waals surface area contributed by atoms with Gasteiger partial charge >= 0.3 is 12.4 Å². The summed E-state index contributed by atoms with van der Waals surface area (Å²) in [6.45, 7) is 0.424. The van der Waals surface area contributed by atoms with Gasteiger partial charge in [-0.15, -0.1) is 13.2 Å². The van der Waals surface area contributed by atoms with Gasteiger partial charge in [0.15, 0.2) is 0 Å². The number of hydrogen-bond donors (Lipinski definition) is 2. The molecule has 1 aromatic heterocycles. The number of benzene rings is 1. The molecule has 0 bridgehead atoms. The monoisotopic (exact) mass is 314 g/mol. The fourth-order valence-corrected chi connectivity index (χ4v) is 1.63. The zero-order valence-electron chi connectivity index (χ0n) is 11.3. The van der Waals surface area contributed by atoms with Crippen molar-refractivity contribution >= 4 is 6.03 Å². The Bertz CT molecular complexity index is 595. The van der Waals surface area contributed by atoms with Crippen LogP contribution in [0, 0.1) is 0 Å². The zero-order chi connectivity index (χ0) is 16.0. The van der Waals surface area contributed by atoms with Crippen LogP contribution in [-0.2, 0) is 13.1 Å². The highest BCUT2D eigenvalue weighted by Crippen LogP contribution is 2.22. The third-order valence-corrected chi connectivity index (χ3v) is 2.61. The molecule has 0 aliphatic heterocycles. The molecule has 0 spiro atoms. The molecule has 0 saturated heterocycles. The van der Waals surface area contributed by atoms with E-state index in [0.29, 0.717) is 11.3 Å². The van der Waals surface area contributed by atoms with Crippen molar-refractivity contribution in [1.82, 2.24) is 10.6 Å². The molecule has 0 saturated carbocycles. The van der Waals surface area contributed by atoms with E-state index in [9.17, 15) is 18.0 Å². The van der Waals surface area contributed by atoms with Crippen molar-refractivity contribution in [1.29, 1.82) is 0 Å². The summed E-state index contributed by atoms with van der Waals surface area (Å²) in [5.74, 6) is 0.308. The van der Waals surface area contributed by atoms with Crippen LogP contribution in [0.1, 0.15) is 11.3 Å². The topological polar surface area (TPSA) is 63.5 Å². The first-order chi connectivity index (χ1) is 10.4. The normalized spacial score (nSPS) is 11.0. The quantitative estimate of drug-likeness (QED) is 0.891. The number of rotatable bonds is 5. The molecule has 0 atom stereocenters. The van der Waals surface area contributed by atoms with E-state index in [1.165, 1.54) is 30.5 Å². The van der Waals surface area contributed by atoms with Gasteiger partial charge in [0.1, 0.15) is 11.5 Å². The maximum absolute atomic E-state index is 12.0. The predicted octanol–water partition coefficient (Wildman–Crippen LogP) is 3.18. The minimum atomic E-state index is -4.72. The highest BCUT2D eigenvalue weighted by Gasteiger charge is 2.30. The van der Waals surface area contributed by atoms with Gasteiger partial charge in [-0.2, -0.15) is 0 Å². The number of urea groups is 1. The van der Waals surface area contributed by atoms with Crippen molar-refractivity contribution in [2.75, 3.05) is 0 Å². The lowest BCUT2D eigenvalue weighted by atomic mass is 10.2. The maximum Gasteiger partial charge on any atom is 0.573 e. The number of hydrogen-bond acceptors (Lipinski definition) is 3. The molecule has 2 amide bonds. The average molecular weight is 314 g/mol. The van der Waals surface area contributed by atoms with Gasteiger partial charge in [-0.3, -0.25) is 0 Å². The second-order valence-corrected chi connectivity index (χ2v) is 4.31. The minimum Gasteiger partial charge on any atom is -0.467 e. The standard InChI is InChI=1S/C14H13F3N2O3/c15-14(16,17)22-11-5-3-10(4-6-11)8-18-13(20)19-9-12-2-1-7-21-12/h1-7H,8-9H2,(H2,18,19,20). The number of amides is 2. The molecule has 118 valence electrons. The van der Waals surface area contributed by atoms with E-state index in [0.717, 1.165) is 0 Å². The van der Waals surface area contributed by atoms with Crippen LogP contribution in [0.25, 0.3) is 0 Å². The molecule has 2 rings (SSSR count). The van der Waals surface area contributed by atoms with Crippen molar-refractivity contribution in [3.8, 4) is 5.75 Å². The molecular formula is C14H13F3N2O3. The number of nitrogens with one attached hydrogen (secondary N) is 2. The Morgan fingerprint density at radius 2 is 1.77 bits per heavy atom. The lowest BCUT2D eigenvalue weighted by Gasteiger charge is -2.10. The first-order valence-corrected chi connectivity index (χ1v) is 6.31. The molecule has 0 radical (unpaired) electrons. The summed E-state index contributed by atoms with van der Waals surface area (Å²) in [4.78, 5) is 11.5. The summed E-state index contributed by atoms with van der Waals surface area (Å²) < 4.78 is 44.8. The molecule has 22 heavy (non-hydrogen) atoms. The number of carbonyl (C=O) groups excluding carboxylic acids is 1. The van der Waals surface area contributed by atoms with Crippen molar-refractivity contribution in [2.24, 2.45) is 0 Å². The maximum atomic E-state index is 12.0. The highest BCUT2D eigenvalue weighted by molar-refractivity contribution is 5.73. The van der Waals surface area contributed by atoms with Gasteiger partial charge in [-0.05, 0) is 29.8 Å². The summed E-state index contributed by atoms with van der Waals surface area (Å²) in [6.07, 6.45) is -3.22. The number of carbonyl (C=O) groups is 1. The third-order valence-electron chi connectivity index (χ3n) is 2.61. The second kappa shape index (κ2) is 6.88. The molecule has 0 fully saturated rings. The van der Waals surface area contributed by atoms with E-state index in [1.54, 1.807) is 12.1 Å². The number of furan rings is 1. The van der Waals surface area contributed by atoms with Gasteiger partial charge < -0.3 is 19.8 Å². The molecule has 5 nitrogen and oxygen atoms in total. The van der Waals surface area contributed by atoms with E-state index in [4.69, 9.17) is 4.42 Å². The fourth-order valence-electron chi connectivity index (χ4n) is 1.63. The smallest absolute Gasteiger partial charge is 0.467 e. The zero-order valence-corrected chi connectivity index (χ0v) is 11.3. The first-order valence-electron chi connectivity index (χ1n) is 6.31. The van der Waals surface area contributed by atoms with Crippen molar-refractivity contribution < 1.29 is 27.1 Å². The summed E-state index contributed by atoms with van der Waals surface area (Å²) in [5, 5.41) is 5.15. The Morgan fingerprint density at radius 3 is 2.36 bits per heavy atom. The molecule has 0 aliphatic carbocycles. The molecule has 1 aromatic carbocycles. The van der Waals surface area contributed by atoms with Gasteiger partial charge in [0, 0.05) is 6.54 Å². The minimum absolute atomic E-state index is 0.177. The first kappa shape index (κ1) is 15.7. The van der Waals surface area contributed by atoms with Gasteiger partial charge in [-0.1, -0.05) is 12.1 Å². The summed E-state index contributed by atoms with van der Waals surface area (Å²) in [5.41, 5.74) is 0.641. The van der Waals surface area contributed by atoms with Crippen molar-refractivity contribution in [3.05, 3.63) is 54.0 Å². The third kappa shape index (κ3) is 5.39. The average Bonchev–Trinajstić information content (AvgIpc) is 2.96. The number of ether oxygens (including phenoxy) is 1. The lowest BCUT2D eigenvalue weighted by Crippen LogP contribution is -2.34. The lowest BCUT2D eigenvalue weighted by molar-refractivity contribution is -0.274. The van der Waals surface area contributed by atoms with Crippen LogP contribution in [0.4, 0.5) is 18.0 Å². The summed E-state index contributed by atoms with van der Waals surface area (Å²) in [7, 11) is 0. The Kier molecular flexibility index (Phi) is 4.92. The van der Waals surface area contributed by atoms with E-state index >= 15 is 0 Å². The van der Waals surface area contributed by atoms with E-state index in [1.807, 2.05) is 0 Å². The van der Waals surface area contributed by atoms with Gasteiger partial charge in [-0.25, -0.2) is 4.79 Å². The fraction of sp³-hybridized carbons (Fsp3) is 0.214. The van der Waals surface area contributed by atoms with E-state index in [2.05, 4.69) is 15.4 Å². The van der Waals surface area contributed by atoms with Crippen LogP contribution in [0.2, 0.25) is 0 Å². The molecule has 8 heteroatoms. The van der Waals surface area contributed by atoms with Crippen LogP contribution in [0.15, 0.2) is 47.1 Å². The van der Waals surface area contributed by atoms with Crippen molar-refractivity contribution in [3.63, 3.8) is 0 Å². The van der Waals surface area contributed by atoms with Crippen molar-refractivity contribution in [2.45, 2.75) is 19.5 Å². The van der Waals surface area contributed by atoms with E-state index in [-0.39, 0.29) is 18.8 Å². The Hall–Kier alpha value is -2.64. The van der Waals surface area contributed by atoms with Gasteiger partial charge in [0.2, 0.25) is 0 Å². The van der Waals surface area contributed by atoms with Crippen LogP contribution in [-0.4, -0.2) is 12.4 Å². The number of alkyl halides is 3. The highest BCUT2D eigenvalue weighted by atomic mass is 19.4. The second-order valence-electron chi connectivity index (χ2n) is 4.31. The summed E-state index contributed by atoms with van der Waals surface area (Å²) in [6, 6.07) is 8.27. The van der Waals surface area contributed by atoms with Gasteiger partial charge in [0.05, 0.1) is 12.8 Å². The Labute approximate surface area is 124 Å². The van der Waals surface area contributed by atoms with E-state index < -0.39 is 12.4 Å². The molecule has 1 heterocycles. The number of halogens is 3. The SMILES string of the molecule is O=C(NCc1ccc(OC(F)(F)F)cc1)NCc1ccco1. The van der Waals surface area contributed by atoms with Crippen LogP contribution < -0.4 is 15.4 Å². The molecule has 2 aromatic rings.